The molecule has 2 heterocycles. The molecule has 1 aliphatic heterocycles. The number of amides is 1. The molecule has 7 nitrogen and oxygen atoms in total. The van der Waals surface area contributed by atoms with Gasteiger partial charge in [0.25, 0.3) is 5.91 Å². The zero-order valence-corrected chi connectivity index (χ0v) is 22.6. The third-order valence-corrected chi connectivity index (χ3v) is 7.37. The van der Waals surface area contributed by atoms with Crippen molar-refractivity contribution >= 4 is 22.5 Å². The van der Waals surface area contributed by atoms with E-state index in [0.29, 0.717) is 25.3 Å². The summed E-state index contributed by atoms with van der Waals surface area (Å²) in [6.45, 7) is 7.59. The number of benzene rings is 3. The van der Waals surface area contributed by atoms with Gasteiger partial charge in [-0.15, -0.1) is 0 Å². The lowest BCUT2D eigenvalue weighted by atomic mass is 10.1. The largest absolute Gasteiger partial charge is 0.385 e. The van der Waals surface area contributed by atoms with Crippen molar-refractivity contribution in [3.8, 4) is 5.69 Å². The average molecular weight is 512 g/mol. The Morgan fingerprint density at radius 3 is 2.39 bits per heavy atom. The van der Waals surface area contributed by atoms with Crippen LogP contribution < -0.4 is 4.90 Å². The molecule has 1 fully saturated rings. The van der Waals surface area contributed by atoms with Gasteiger partial charge in [-0.2, -0.15) is 5.10 Å². The van der Waals surface area contributed by atoms with Crippen LogP contribution in [0.25, 0.3) is 16.5 Å². The Morgan fingerprint density at radius 1 is 0.947 bits per heavy atom. The molecule has 0 atom stereocenters. The van der Waals surface area contributed by atoms with Gasteiger partial charge in [-0.25, -0.2) is 4.68 Å². The fraction of sp³-hybridized carbons (Fsp3) is 0.355. The number of methoxy groups -OCH3 is 1. The lowest BCUT2D eigenvalue weighted by molar-refractivity contribution is 0.0723. The highest BCUT2D eigenvalue weighted by Crippen LogP contribution is 2.30. The van der Waals surface area contributed by atoms with Crippen molar-refractivity contribution in [2.24, 2.45) is 0 Å². The monoisotopic (exact) mass is 511 g/mol. The maximum atomic E-state index is 13.9. The van der Waals surface area contributed by atoms with Crippen molar-refractivity contribution < 1.29 is 9.53 Å². The molecule has 38 heavy (non-hydrogen) atoms. The summed E-state index contributed by atoms with van der Waals surface area (Å²) in [4.78, 5) is 20.7. The molecule has 0 bridgehead atoms. The Morgan fingerprint density at radius 2 is 1.66 bits per heavy atom. The number of rotatable bonds is 9. The van der Waals surface area contributed by atoms with E-state index < -0.39 is 0 Å². The molecule has 5 rings (SSSR count). The van der Waals surface area contributed by atoms with Crippen LogP contribution in [0.4, 0.5) is 5.82 Å². The second-order valence-electron chi connectivity index (χ2n) is 10.1. The number of fused-ring (bicyclic) bond motifs is 1. The van der Waals surface area contributed by atoms with E-state index in [2.05, 4.69) is 52.7 Å². The summed E-state index contributed by atoms with van der Waals surface area (Å²) in [5, 5.41) is 7.20. The number of para-hydroxylation sites is 1. The first-order chi connectivity index (χ1) is 18.5. The summed E-state index contributed by atoms with van der Waals surface area (Å²) in [5.41, 5.74) is 3.79. The number of aryl methyl sites for hydroxylation is 1. The molecule has 0 radical (unpaired) electrons. The SMILES string of the molecule is COCCCN(Cc1c(C)nn(-c2ccccc2)c1N1CCN(C)CC1)C(=O)c1ccc2ccccc2c1. The summed E-state index contributed by atoms with van der Waals surface area (Å²) in [6, 6.07) is 24.4. The number of piperazine rings is 1. The molecule has 7 heteroatoms. The lowest BCUT2D eigenvalue weighted by Gasteiger charge is -2.35. The van der Waals surface area contributed by atoms with E-state index >= 15 is 0 Å². The molecule has 1 amide bonds. The average Bonchev–Trinajstić information content (AvgIpc) is 3.28. The predicted octanol–water partition coefficient (Wildman–Crippen LogP) is 4.76. The van der Waals surface area contributed by atoms with Gasteiger partial charge in [-0.05, 0) is 55.4 Å². The highest BCUT2D eigenvalue weighted by atomic mass is 16.5. The van der Waals surface area contributed by atoms with Crippen LogP contribution in [0.3, 0.4) is 0 Å². The van der Waals surface area contributed by atoms with Gasteiger partial charge in [0.2, 0.25) is 0 Å². The van der Waals surface area contributed by atoms with Crippen molar-refractivity contribution in [3.63, 3.8) is 0 Å². The second-order valence-corrected chi connectivity index (χ2v) is 10.1. The predicted molar refractivity (Wildman–Crippen MR) is 153 cm³/mol. The van der Waals surface area contributed by atoms with E-state index in [1.54, 1.807) is 7.11 Å². The first kappa shape index (κ1) is 25.9. The number of likely N-dealkylation sites (N-methyl/N-ethyl adjacent to an activating group) is 1. The molecule has 0 unspecified atom stereocenters. The lowest BCUT2D eigenvalue weighted by Crippen LogP contribution is -2.45. The molecule has 0 N–H and O–H groups in total. The summed E-state index contributed by atoms with van der Waals surface area (Å²) < 4.78 is 7.39. The normalized spacial score (nSPS) is 14.2. The Labute approximate surface area is 225 Å². The summed E-state index contributed by atoms with van der Waals surface area (Å²) >= 11 is 0. The molecule has 0 spiro atoms. The molecule has 1 saturated heterocycles. The zero-order valence-electron chi connectivity index (χ0n) is 22.6. The van der Waals surface area contributed by atoms with Crippen LogP contribution in [0.2, 0.25) is 0 Å². The van der Waals surface area contributed by atoms with Crippen molar-refractivity contribution in [3.05, 3.63) is 89.6 Å². The number of carbonyl (C=O) groups is 1. The van der Waals surface area contributed by atoms with Crippen molar-refractivity contribution in [1.29, 1.82) is 0 Å². The fourth-order valence-corrected chi connectivity index (χ4v) is 5.17. The van der Waals surface area contributed by atoms with Gasteiger partial charge in [-0.1, -0.05) is 48.5 Å². The van der Waals surface area contributed by atoms with Gasteiger partial charge < -0.3 is 19.4 Å². The van der Waals surface area contributed by atoms with Crippen LogP contribution in [0.1, 0.15) is 28.0 Å². The number of aromatic nitrogens is 2. The van der Waals surface area contributed by atoms with Crippen LogP contribution >= 0.6 is 0 Å². The van der Waals surface area contributed by atoms with Crippen LogP contribution in [0.15, 0.2) is 72.8 Å². The molecule has 0 aliphatic carbocycles. The number of ether oxygens (including phenoxy) is 1. The quantitative estimate of drug-likeness (QED) is 0.303. The molecular weight excluding hydrogens is 474 g/mol. The third kappa shape index (κ3) is 5.59. The van der Waals surface area contributed by atoms with E-state index in [4.69, 9.17) is 9.84 Å². The molecule has 0 saturated carbocycles. The molecule has 1 aromatic heterocycles. The Bertz CT molecular complexity index is 1380. The number of nitrogens with zero attached hydrogens (tertiary/aromatic N) is 5. The van der Waals surface area contributed by atoms with E-state index in [9.17, 15) is 4.79 Å². The topological polar surface area (TPSA) is 53.8 Å². The number of carbonyl (C=O) groups excluding carboxylic acids is 1. The maximum absolute atomic E-state index is 13.9. The highest BCUT2D eigenvalue weighted by molar-refractivity contribution is 5.98. The minimum absolute atomic E-state index is 0.0306. The second kappa shape index (κ2) is 11.8. The van der Waals surface area contributed by atoms with Crippen LogP contribution in [-0.4, -0.2) is 79.0 Å². The van der Waals surface area contributed by atoms with Crippen molar-refractivity contribution in [1.82, 2.24) is 19.6 Å². The fourth-order valence-electron chi connectivity index (χ4n) is 5.17. The highest BCUT2D eigenvalue weighted by Gasteiger charge is 2.27. The number of anilines is 1. The smallest absolute Gasteiger partial charge is 0.254 e. The van der Waals surface area contributed by atoms with Crippen LogP contribution in [0, 0.1) is 6.92 Å². The zero-order chi connectivity index (χ0) is 26.5. The van der Waals surface area contributed by atoms with Gasteiger partial charge in [0.1, 0.15) is 5.82 Å². The minimum atomic E-state index is 0.0306. The van der Waals surface area contributed by atoms with E-state index in [1.807, 2.05) is 53.4 Å². The Balaban J connectivity index is 1.52. The standard InChI is InChI=1S/C31H37N5O2/c1-24-29(30(34-19-17-33(2)18-20-34)36(32-24)28-12-5-4-6-13-28)23-35(16-9-21-38-3)31(37)27-15-14-25-10-7-8-11-26(25)22-27/h4-8,10-15,22H,9,16-21,23H2,1-3H3. The van der Waals surface area contributed by atoms with E-state index in [1.165, 1.54) is 0 Å². The van der Waals surface area contributed by atoms with Gasteiger partial charge in [0.15, 0.2) is 0 Å². The number of hydrogen-bond acceptors (Lipinski definition) is 5. The van der Waals surface area contributed by atoms with Crippen LogP contribution in [0.5, 0.6) is 0 Å². The molecular formula is C31H37N5O2. The van der Waals surface area contributed by atoms with Gasteiger partial charge in [0, 0.05) is 57.6 Å². The third-order valence-electron chi connectivity index (χ3n) is 7.37. The van der Waals surface area contributed by atoms with E-state index in [-0.39, 0.29) is 5.91 Å². The summed E-state index contributed by atoms with van der Waals surface area (Å²) in [5.74, 6) is 1.12. The van der Waals surface area contributed by atoms with Gasteiger partial charge >= 0.3 is 0 Å². The van der Waals surface area contributed by atoms with E-state index in [0.717, 1.165) is 66.1 Å². The molecule has 198 valence electrons. The van der Waals surface area contributed by atoms with Crippen molar-refractivity contribution in [2.75, 3.05) is 58.4 Å². The summed E-state index contributed by atoms with van der Waals surface area (Å²) in [6.07, 6.45) is 0.769. The maximum Gasteiger partial charge on any atom is 0.254 e. The molecule has 3 aromatic carbocycles. The molecule has 4 aromatic rings. The Hall–Kier alpha value is -3.68. The first-order valence-electron chi connectivity index (χ1n) is 13.4. The summed E-state index contributed by atoms with van der Waals surface area (Å²) in [7, 11) is 3.87. The minimum Gasteiger partial charge on any atom is -0.385 e. The first-order valence-corrected chi connectivity index (χ1v) is 13.4. The molecule has 1 aliphatic rings. The van der Waals surface area contributed by atoms with Crippen LogP contribution in [-0.2, 0) is 11.3 Å². The van der Waals surface area contributed by atoms with Gasteiger partial charge in [0.05, 0.1) is 17.9 Å². The van der Waals surface area contributed by atoms with Crippen molar-refractivity contribution in [2.45, 2.75) is 19.9 Å². The number of hydrogen-bond donors (Lipinski definition) is 0. The van der Waals surface area contributed by atoms with Gasteiger partial charge in [-0.3, -0.25) is 4.79 Å². The Kier molecular flexibility index (Phi) is 8.05.